The van der Waals surface area contributed by atoms with E-state index in [1.54, 1.807) is 20.8 Å². The number of anilines is 6. The molecule has 2 heterocycles. The van der Waals surface area contributed by atoms with Gasteiger partial charge in [-0.3, -0.25) is 0 Å². The number of benzene rings is 7. The summed E-state index contributed by atoms with van der Waals surface area (Å²) in [5, 5.41) is 0. The van der Waals surface area contributed by atoms with Crippen molar-refractivity contribution in [3.63, 3.8) is 0 Å². The maximum Gasteiger partial charge on any atom is 0.256 e. The van der Waals surface area contributed by atoms with Gasteiger partial charge in [0.05, 0.1) is 37.2 Å². The van der Waals surface area contributed by atoms with E-state index in [1.807, 2.05) is 20.8 Å². The summed E-state index contributed by atoms with van der Waals surface area (Å²) in [4.78, 5) is 2.15. The molecule has 11 rings (SSSR count). The van der Waals surface area contributed by atoms with Gasteiger partial charge in [-0.1, -0.05) is 138 Å². The maximum absolute atomic E-state index is 10.3. The number of hydrogen-bond acceptors (Lipinski definition) is 3. The molecular weight excluding hydrogens is 739 g/mol. The van der Waals surface area contributed by atoms with Crippen molar-refractivity contribution < 1.29 is 36.3 Å². The number of fused-ring (bicyclic) bond motifs is 6. The highest BCUT2D eigenvalue weighted by molar-refractivity contribution is 6.99. The van der Waals surface area contributed by atoms with Crippen LogP contribution in [-0.2, 0) is 16.2 Å². The zero-order valence-corrected chi connectivity index (χ0v) is 34.7. The topological polar surface area (TPSA) is 15.7 Å². The molecule has 2 aliphatic carbocycles. The van der Waals surface area contributed by atoms with Crippen LogP contribution in [-0.4, -0.2) is 6.71 Å². The average Bonchev–Trinajstić information content (AvgIpc) is 0.875. The lowest BCUT2D eigenvalue weighted by molar-refractivity contribution is 0.419. The Morgan fingerprint density at radius 2 is 1.28 bits per heavy atom. The molecule has 4 heteroatoms. The van der Waals surface area contributed by atoms with E-state index in [2.05, 4.69) is 0 Å². The minimum Gasteiger partial charge on any atom is -0.458 e. The van der Waals surface area contributed by atoms with Crippen LogP contribution >= 0.6 is 0 Å². The van der Waals surface area contributed by atoms with Crippen LogP contribution in [0.5, 0.6) is 11.5 Å². The van der Waals surface area contributed by atoms with Crippen LogP contribution in [0.3, 0.4) is 0 Å². The lowest BCUT2D eigenvalue weighted by Gasteiger charge is -2.42. The minimum atomic E-state index is -1.33. The summed E-state index contributed by atoms with van der Waals surface area (Å²) in [6.07, 6.45) is 3.63. The molecule has 302 valence electrons. The third-order valence-corrected chi connectivity index (χ3v) is 12.5. The Bertz CT molecular complexity index is 4060. The molecule has 7 aromatic carbocycles. The fourth-order valence-corrected chi connectivity index (χ4v) is 9.43. The molecule has 0 aromatic heterocycles. The molecule has 2 saturated carbocycles. The predicted molar refractivity (Wildman–Crippen MR) is 258 cm³/mol. The summed E-state index contributed by atoms with van der Waals surface area (Å²) < 4.78 is 222. The molecule has 0 spiro atoms. The fraction of sp³-hybridized carbons (Fsp3) is 0.263. The van der Waals surface area contributed by atoms with Crippen molar-refractivity contribution in [3.8, 4) is 22.6 Å². The minimum absolute atomic E-state index is 0.0259. The van der Waals surface area contributed by atoms with Crippen LogP contribution in [0.4, 0.5) is 34.1 Å². The van der Waals surface area contributed by atoms with Crippen LogP contribution in [0.25, 0.3) is 11.1 Å². The second-order valence-electron chi connectivity index (χ2n) is 18.5. The summed E-state index contributed by atoms with van der Waals surface area (Å²) in [7, 11) is 0. The zero-order chi connectivity index (χ0) is 61.7. The van der Waals surface area contributed by atoms with E-state index in [-0.39, 0.29) is 97.9 Å². The number of para-hydroxylation sites is 1. The van der Waals surface area contributed by atoms with Gasteiger partial charge in [-0.2, -0.15) is 0 Å². The third kappa shape index (κ3) is 6.41. The van der Waals surface area contributed by atoms with Gasteiger partial charge >= 0.3 is 0 Å². The van der Waals surface area contributed by atoms with Crippen molar-refractivity contribution in [1.29, 1.82) is 0 Å². The molecular formula is C57H55BN2O. The number of ether oxygens (including phenoxy) is 1. The molecule has 4 aliphatic rings. The Balaban J connectivity index is 1.36. The second-order valence-corrected chi connectivity index (χ2v) is 18.5. The van der Waals surface area contributed by atoms with Gasteiger partial charge in [-0.05, 0) is 153 Å². The van der Waals surface area contributed by atoms with Gasteiger partial charge < -0.3 is 14.5 Å². The number of nitrogens with zero attached hydrogens (tertiary/aromatic N) is 2. The SMILES string of the molecule is [2H]c1cc2c(c([2H])c1C(C)(C)C)B1c3c(cc(N(c4c([2H])c([2H])c([2H])c([2H])c4[2H])c4c([2H])c([2H])c([2H])c(-c5c([2H])c([2H])c([2H])c([2H])c5[2H])c4[2H])cc3N2c2c([2H])c([2H])c(C34CCC(CC3)C4)c([2H])c2[2H])Oc2c([2H])c([2H])c(C(C)(C)C)c([2H])c21. The fourth-order valence-electron chi connectivity index (χ4n) is 9.43. The van der Waals surface area contributed by atoms with Gasteiger partial charge in [0.25, 0.3) is 6.71 Å². The van der Waals surface area contributed by atoms with Crippen molar-refractivity contribution in [2.75, 3.05) is 9.80 Å². The van der Waals surface area contributed by atoms with Crippen molar-refractivity contribution in [2.45, 2.75) is 89.9 Å². The molecule has 0 saturated heterocycles. The van der Waals surface area contributed by atoms with Crippen LogP contribution in [0.15, 0.2) is 157 Å². The van der Waals surface area contributed by atoms with E-state index in [0.29, 0.717) is 25.2 Å². The quantitative estimate of drug-likeness (QED) is 0.156. The van der Waals surface area contributed by atoms with E-state index in [1.165, 1.54) is 23.1 Å². The second kappa shape index (κ2) is 14.0. The molecule has 0 unspecified atom stereocenters. The lowest BCUT2D eigenvalue weighted by atomic mass is 9.33. The average molecular weight is 818 g/mol. The van der Waals surface area contributed by atoms with Crippen LogP contribution in [0.1, 0.15) is 122 Å². The van der Waals surface area contributed by atoms with Crippen molar-refractivity contribution >= 4 is 57.2 Å². The highest BCUT2D eigenvalue weighted by Crippen LogP contribution is 2.56. The van der Waals surface area contributed by atoms with Crippen molar-refractivity contribution in [3.05, 3.63) is 174 Å². The Hall–Kier alpha value is -6.00. The van der Waals surface area contributed by atoms with E-state index in [9.17, 15) is 19.2 Å². The van der Waals surface area contributed by atoms with Crippen LogP contribution in [0.2, 0.25) is 0 Å². The largest absolute Gasteiger partial charge is 0.458 e. The molecule has 0 amide bonds. The normalized spacial score (nSPS) is 23.9. The zero-order valence-electron chi connectivity index (χ0n) is 57.7. The van der Waals surface area contributed by atoms with E-state index in [0.717, 1.165) is 17.7 Å². The van der Waals surface area contributed by atoms with Gasteiger partial charge in [-0.25, -0.2) is 0 Å². The summed E-state index contributed by atoms with van der Waals surface area (Å²) in [6.45, 7) is 9.40. The lowest BCUT2D eigenvalue weighted by Crippen LogP contribution is -2.60. The van der Waals surface area contributed by atoms with Gasteiger partial charge in [0.1, 0.15) is 11.5 Å². The third-order valence-electron chi connectivity index (χ3n) is 12.5. The van der Waals surface area contributed by atoms with Gasteiger partial charge in [0.2, 0.25) is 0 Å². The van der Waals surface area contributed by atoms with E-state index in [4.69, 9.17) is 17.1 Å². The molecule has 61 heavy (non-hydrogen) atoms. The smallest absolute Gasteiger partial charge is 0.256 e. The number of rotatable bonds is 6. The molecule has 3 nitrogen and oxygen atoms in total. The van der Waals surface area contributed by atoms with Crippen LogP contribution < -0.4 is 30.9 Å². The van der Waals surface area contributed by atoms with Crippen molar-refractivity contribution in [2.24, 2.45) is 5.92 Å². The Morgan fingerprint density at radius 1 is 0.623 bits per heavy atom. The highest BCUT2D eigenvalue weighted by atomic mass is 16.5. The molecule has 0 radical (unpaired) electrons. The summed E-state index contributed by atoms with van der Waals surface area (Å²) in [6, 6.07) is -12.0. The van der Waals surface area contributed by atoms with E-state index >= 15 is 0 Å². The monoisotopic (exact) mass is 818 g/mol. The predicted octanol–water partition coefficient (Wildman–Crippen LogP) is 13.7. The number of hydrogen-bond donors (Lipinski definition) is 0. The van der Waals surface area contributed by atoms with Crippen molar-refractivity contribution in [1.82, 2.24) is 0 Å². The first-order chi connectivity index (χ1) is 39.0. The summed E-state index contributed by atoms with van der Waals surface area (Å²) >= 11 is 0. The van der Waals surface area contributed by atoms with Gasteiger partial charge in [0, 0.05) is 34.5 Å². The molecule has 0 atom stereocenters. The first-order valence-corrected chi connectivity index (χ1v) is 20.6. The standard InChI is InChI=1S/C57H55BN2O/c1-55(2,3)42-22-26-50-48(33-42)58-49-34-43(56(4,5)6)23-27-52(49)61-53-36-47(59(44-17-11-8-12-18-44)46-19-13-16-40(32-46)39-14-9-7-10-15-39)35-51(54(53)58)60(50)45-24-20-41(21-25-45)57-30-28-38(37-57)29-31-57/h7-27,32-36,38H,28-31,37H2,1-6H3/i7D,8D,9D,10D,11D,12D,13D,14D,15D,16D,17D,18D,19D,20D,21D,22D,23D,24D,25D,27D,32D,33D,34D. The van der Waals surface area contributed by atoms with Gasteiger partial charge in [0.15, 0.2) is 0 Å². The molecule has 0 N–H and O–H groups in total. The molecule has 2 fully saturated rings. The maximum atomic E-state index is 10.3. The first-order valence-electron chi connectivity index (χ1n) is 32.1. The molecule has 2 bridgehead atoms. The summed E-state index contributed by atoms with van der Waals surface area (Å²) in [5.74, 6) is -0.252. The molecule has 2 aliphatic heterocycles. The Labute approximate surface area is 395 Å². The Morgan fingerprint density at radius 3 is 1.97 bits per heavy atom. The molecule has 7 aromatic rings. The van der Waals surface area contributed by atoms with E-state index < -0.39 is 154 Å². The first kappa shape index (κ1) is 20.7. The van der Waals surface area contributed by atoms with Gasteiger partial charge in [-0.15, -0.1) is 0 Å². The Kier molecular flexibility index (Phi) is 4.76. The summed E-state index contributed by atoms with van der Waals surface area (Å²) in [5.41, 5.74) is -5.70. The van der Waals surface area contributed by atoms with Crippen LogP contribution in [0, 0.1) is 5.92 Å². The highest BCUT2D eigenvalue weighted by Gasteiger charge is 2.47.